The maximum absolute atomic E-state index is 13.5. The predicted molar refractivity (Wildman–Crippen MR) is 46.4 cm³/mol. The number of carbonyl (C=O) groups excluding carboxylic acids is 1. The lowest BCUT2D eigenvalue weighted by Gasteiger charge is -2.13. The van der Waals surface area contributed by atoms with E-state index in [9.17, 15) is 9.18 Å². The van der Waals surface area contributed by atoms with Gasteiger partial charge in [-0.3, -0.25) is 0 Å². The molecule has 1 aromatic rings. The Morgan fingerprint density at radius 1 is 1.43 bits per heavy atom. The van der Waals surface area contributed by atoms with Gasteiger partial charge in [-0.1, -0.05) is 0 Å². The van der Waals surface area contributed by atoms with Crippen LogP contribution in [0.1, 0.15) is 12.5 Å². The van der Waals surface area contributed by atoms with Crippen molar-refractivity contribution in [2.24, 2.45) is 4.99 Å². The van der Waals surface area contributed by atoms with Crippen LogP contribution in [-0.4, -0.2) is 16.3 Å². The van der Waals surface area contributed by atoms with Crippen LogP contribution < -0.4 is 0 Å². The summed E-state index contributed by atoms with van der Waals surface area (Å²) in [6.07, 6.45) is 1.10. The van der Waals surface area contributed by atoms with Crippen LogP contribution in [0.25, 0.3) is 0 Å². The van der Waals surface area contributed by atoms with E-state index in [0.29, 0.717) is 0 Å². The summed E-state index contributed by atoms with van der Waals surface area (Å²) < 4.78 is 13.5. The molecule has 1 atom stereocenters. The highest BCUT2D eigenvalue weighted by Gasteiger charge is 2.25. The Bertz CT molecular complexity index is 397. The summed E-state index contributed by atoms with van der Waals surface area (Å²) in [7, 11) is 0. The molecule has 1 unspecified atom stereocenters. The summed E-state index contributed by atoms with van der Waals surface area (Å²) in [6, 6.07) is 3.33. The summed E-state index contributed by atoms with van der Waals surface area (Å²) >= 11 is 0. The van der Waals surface area contributed by atoms with Gasteiger partial charge in [0, 0.05) is 5.56 Å². The Hall–Kier alpha value is -1.87. The Balaban J connectivity index is 3.20. The highest BCUT2D eigenvalue weighted by atomic mass is 19.1. The topological polar surface area (TPSA) is 69.9 Å². The van der Waals surface area contributed by atoms with Crippen molar-refractivity contribution in [2.45, 2.75) is 12.7 Å². The van der Waals surface area contributed by atoms with Crippen LogP contribution in [0, 0.1) is 0 Å². The van der Waals surface area contributed by atoms with Crippen LogP contribution in [0.4, 0.5) is 4.39 Å². The average molecular weight is 197 g/mol. The Morgan fingerprint density at radius 3 is 2.57 bits per heavy atom. The number of phenolic OH excluding ortho intramolecular Hbond substituents is 2. The molecule has 1 rings (SSSR count). The van der Waals surface area contributed by atoms with Gasteiger partial charge in [0.15, 0.2) is 11.5 Å². The Morgan fingerprint density at radius 2 is 2.07 bits per heavy atom. The van der Waals surface area contributed by atoms with E-state index in [0.717, 1.165) is 25.1 Å². The number of benzene rings is 1. The number of alkyl halides is 1. The molecule has 14 heavy (non-hydrogen) atoms. The van der Waals surface area contributed by atoms with Crippen molar-refractivity contribution < 1.29 is 19.4 Å². The van der Waals surface area contributed by atoms with E-state index in [4.69, 9.17) is 10.2 Å². The van der Waals surface area contributed by atoms with Crippen molar-refractivity contribution in [3.63, 3.8) is 0 Å². The summed E-state index contributed by atoms with van der Waals surface area (Å²) in [6.45, 7) is 1.05. The highest BCUT2D eigenvalue weighted by molar-refractivity contribution is 5.43. The predicted octanol–water partition coefficient (Wildman–Crippen LogP) is 1.58. The minimum absolute atomic E-state index is 0.0313. The van der Waals surface area contributed by atoms with Gasteiger partial charge in [-0.05, 0) is 25.1 Å². The highest BCUT2D eigenvalue weighted by Crippen LogP contribution is 2.33. The number of nitrogens with zero attached hydrogens (tertiary/aromatic N) is 1. The molecule has 0 spiro atoms. The van der Waals surface area contributed by atoms with Crippen molar-refractivity contribution in [3.8, 4) is 11.5 Å². The second-order valence-electron chi connectivity index (χ2n) is 2.86. The number of isocyanates is 1. The number of phenols is 2. The van der Waals surface area contributed by atoms with E-state index < -0.39 is 11.5 Å². The van der Waals surface area contributed by atoms with Crippen molar-refractivity contribution in [1.29, 1.82) is 0 Å². The van der Waals surface area contributed by atoms with Gasteiger partial charge in [0.1, 0.15) is 0 Å². The third-order valence-electron chi connectivity index (χ3n) is 1.76. The molecule has 0 saturated carbocycles. The lowest BCUT2D eigenvalue weighted by atomic mass is 10.1. The van der Waals surface area contributed by atoms with Gasteiger partial charge in [-0.25, -0.2) is 9.18 Å². The molecule has 0 heterocycles. The van der Waals surface area contributed by atoms with E-state index in [2.05, 4.69) is 4.99 Å². The molecule has 5 heteroatoms. The molecule has 0 radical (unpaired) electrons. The molecule has 1 aromatic carbocycles. The first-order valence-corrected chi connectivity index (χ1v) is 3.78. The van der Waals surface area contributed by atoms with E-state index in [1.54, 1.807) is 0 Å². The normalized spacial score (nSPS) is 14.1. The summed E-state index contributed by atoms with van der Waals surface area (Å²) in [5, 5.41) is 18.0. The molecule has 4 nitrogen and oxygen atoms in total. The number of rotatable bonds is 2. The van der Waals surface area contributed by atoms with Crippen LogP contribution >= 0.6 is 0 Å². The second kappa shape index (κ2) is 3.47. The van der Waals surface area contributed by atoms with E-state index in [1.807, 2.05) is 0 Å². The van der Waals surface area contributed by atoms with Crippen LogP contribution in [0.2, 0.25) is 0 Å². The van der Waals surface area contributed by atoms with Gasteiger partial charge < -0.3 is 10.2 Å². The van der Waals surface area contributed by atoms with Crippen LogP contribution in [0.3, 0.4) is 0 Å². The minimum Gasteiger partial charge on any atom is -0.504 e. The van der Waals surface area contributed by atoms with Gasteiger partial charge >= 0.3 is 0 Å². The van der Waals surface area contributed by atoms with Crippen molar-refractivity contribution in [1.82, 2.24) is 0 Å². The number of hydrogen-bond donors (Lipinski definition) is 2. The van der Waals surface area contributed by atoms with Gasteiger partial charge in [0.2, 0.25) is 11.9 Å². The third kappa shape index (κ3) is 1.89. The van der Waals surface area contributed by atoms with E-state index in [-0.39, 0.29) is 11.3 Å². The van der Waals surface area contributed by atoms with E-state index in [1.165, 1.54) is 6.07 Å². The second-order valence-corrected chi connectivity index (χ2v) is 2.86. The van der Waals surface area contributed by atoms with Crippen molar-refractivity contribution in [3.05, 3.63) is 23.8 Å². The Labute approximate surface area is 79.3 Å². The van der Waals surface area contributed by atoms with Crippen molar-refractivity contribution in [2.75, 3.05) is 0 Å². The molecule has 0 amide bonds. The molecule has 0 aliphatic rings. The fourth-order valence-electron chi connectivity index (χ4n) is 0.958. The number of aliphatic imine (C=N–C) groups is 1. The van der Waals surface area contributed by atoms with Gasteiger partial charge in [-0.15, -0.1) is 0 Å². The average Bonchev–Trinajstić information content (AvgIpc) is 2.09. The molecule has 0 aliphatic carbocycles. The van der Waals surface area contributed by atoms with E-state index >= 15 is 0 Å². The quantitative estimate of drug-likeness (QED) is 0.327. The largest absolute Gasteiger partial charge is 0.504 e. The molecular weight excluding hydrogens is 189 g/mol. The number of aromatic hydroxyl groups is 2. The summed E-state index contributed by atoms with van der Waals surface area (Å²) in [5.74, 6) is -3.07. The zero-order chi connectivity index (χ0) is 10.8. The zero-order valence-corrected chi connectivity index (χ0v) is 7.36. The SMILES string of the molecule is CC(F)(N=C=O)c1ccc(O)c(O)c1. The number of hydrogen-bond acceptors (Lipinski definition) is 4. The standard InChI is InChI=1S/C9H8FNO3/c1-9(10,11-5-12)6-2-3-7(13)8(14)4-6/h2-4,13-14H,1H3. The van der Waals surface area contributed by atoms with Crippen LogP contribution in [-0.2, 0) is 10.6 Å². The lowest BCUT2D eigenvalue weighted by molar-refractivity contribution is 0.205. The van der Waals surface area contributed by atoms with Crippen LogP contribution in [0.5, 0.6) is 11.5 Å². The fourth-order valence-corrected chi connectivity index (χ4v) is 0.958. The zero-order valence-electron chi connectivity index (χ0n) is 7.36. The van der Waals surface area contributed by atoms with Gasteiger partial charge in [0.25, 0.3) is 0 Å². The molecule has 0 bridgehead atoms. The smallest absolute Gasteiger partial charge is 0.238 e. The molecule has 0 saturated heterocycles. The number of halogens is 1. The molecule has 0 fully saturated rings. The van der Waals surface area contributed by atoms with Gasteiger partial charge in [0.05, 0.1) is 0 Å². The van der Waals surface area contributed by atoms with Crippen molar-refractivity contribution >= 4 is 6.08 Å². The summed E-state index contributed by atoms with van der Waals surface area (Å²) in [4.78, 5) is 12.8. The first-order chi connectivity index (χ1) is 6.47. The molecule has 0 aliphatic heterocycles. The van der Waals surface area contributed by atoms with Gasteiger partial charge in [-0.2, -0.15) is 4.99 Å². The first-order valence-electron chi connectivity index (χ1n) is 3.78. The molecule has 2 N–H and O–H groups in total. The molecule has 0 aromatic heterocycles. The summed E-state index contributed by atoms with van der Waals surface area (Å²) in [5.41, 5.74) is -0.0313. The van der Waals surface area contributed by atoms with Crippen LogP contribution in [0.15, 0.2) is 23.2 Å². The maximum atomic E-state index is 13.5. The molecule has 74 valence electrons. The monoisotopic (exact) mass is 197 g/mol. The minimum atomic E-state index is -2.24. The first kappa shape index (κ1) is 10.2. The lowest BCUT2D eigenvalue weighted by Crippen LogP contribution is -2.10. The third-order valence-corrected chi connectivity index (χ3v) is 1.76. The molecular formula is C9H8FNO3. The fraction of sp³-hybridized carbons (Fsp3) is 0.222. The Kier molecular flexibility index (Phi) is 2.53. The maximum Gasteiger partial charge on any atom is 0.238 e.